The first-order chi connectivity index (χ1) is 8.57. The third kappa shape index (κ3) is 3.85. The van der Waals surface area contributed by atoms with Crippen LogP contribution in [-0.4, -0.2) is 31.3 Å². The SMILES string of the molecule is FC(F)(F)C1CCCCC1NCC1CCCCN1. The minimum Gasteiger partial charge on any atom is -0.313 e. The van der Waals surface area contributed by atoms with Gasteiger partial charge in [0.1, 0.15) is 0 Å². The van der Waals surface area contributed by atoms with E-state index in [1.165, 1.54) is 12.8 Å². The van der Waals surface area contributed by atoms with Gasteiger partial charge in [-0.3, -0.25) is 0 Å². The lowest BCUT2D eigenvalue weighted by Gasteiger charge is -2.35. The molecule has 18 heavy (non-hydrogen) atoms. The molecule has 2 fully saturated rings. The summed E-state index contributed by atoms with van der Waals surface area (Å²) in [6, 6.07) is -0.0166. The molecule has 0 aromatic carbocycles. The van der Waals surface area contributed by atoms with Gasteiger partial charge in [0.15, 0.2) is 0 Å². The van der Waals surface area contributed by atoms with E-state index >= 15 is 0 Å². The van der Waals surface area contributed by atoms with Crippen LogP contribution in [0.3, 0.4) is 0 Å². The topological polar surface area (TPSA) is 24.1 Å². The van der Waals surface area contributed by atoms with Crippen LogP contribution in [0.2, 0.25) is 0 Å². The third-order valence-electron chi connectivity index (χ3n) is 4.23. The van der Waals surface area contributed by atoms with Crippen molar-refractivity contribution in [2.45, 2.75) is 63.2 Å². The Kier molecular flexibility index (Phi) is 4.90. The van der Waals surface area contributed by atoms with Gasteiger partial charge in [0.2, 0.25) is 0 Å². The molecule has 2 rings (SSSR count). The molecule has 0 radical (unpaired) electrons. The zero-order chi connectivity index (χ0) is 13.0. The summed E-state index contributed by atoms with van der Waals surface area (Å²) >= 11 is 0. The zero-order valence-corrected chi connectivity index (χ0v) is 10.7. The van der Waals surface area contributed by atoms with Gasteiger partial charge in [-0.25, -0.2) is 0 Å². The molecular formula is C13H23F3N2. The van der Waals surface area contributed by atoms with Gasteiger partial charge in [-0.1, -0.05) is 19.3 Å². The maximum Gasteiger partial charge on any atom is 0.393 e. The Labute approximate surface area is 107 Å². The molecule has 1 heterocycles. The molecule has 1 saturated carbocycles. The van der Waals surface area contributed by atoms with Crippen LogP contribution in [-0.2, 0) is 0 Å². The van der Waals surface area contributed by atoms with Crippen molar-refractivity contribution in [1.29, 1.82) is 0 Å². The van der Waals surface area contributed by atoms with Crippen molar-refractivity contribution >= 4 is 0 Å². The van der Waals surface area contributed by atoms with Crippen LogP contribution in [0.4, 0.5) is 13.2 Å². The second-order valence-corrected chi connectivity index (χ2v) is 5.59. The molecule has 3 unspecified atom stereocenters. The summed E-state index contributed by atoms with van der Waals surface area (Å²) in [6.07, 6.45) is 1.99. The molecule has 0 aromatic rings. The van der Waals surface area contributed by atoms with Crippen LogP contribution in [0.1, 0.15) is 44.9 Å². The summed E-state index contributed by atoms with van der Waals surface area (Å²) in [5.74, 6) is -1.14. The highest BCUT2D eigenvalue weighted by Gasteiger charge is 2.45. The summed E-state index contributed by atoms with van der Waals surface area (Å²) in [4.78, 5) is 0. The highest BCUT2D eigenvalue weighted by molar-refractivity contribution is 4.87. The number of hydrogen-bond acceptors (Lipinski definition) is 2. The number of piperidine rings is 1. The quantitative estimate of drug-likeness (QED) is 0.819. The van der Waals surface area contributed by atoms with Crippen LogP contribution in [0.5, 0.6) is 0 Å². The van der Waals surface area contributed by atoms with Crippen LogP contribution in [0.15, 0.2) is 0 Å². The minimum atomic E-state index is -4.04. The molecule has 0 aromatic heterocycles. The molecule has 5 heteroatoms. The molecule has 106 valence electrons. The molecule has 3 atom stereocenters. The van der Waals surface area contributed by atoms with E-state index < -0.39 is 12.1 Å². The number of rotatable bonds is 3. The van der Waals surface area contributed by atoms with Crippen LogP contribution in [0, 0.1) is 5.92 Å². The van der Waals surface area contributed by atoms with E-state index in [4.69, 9.17) is 0 Å². The minimum absolute atomic E-state index is 0.291. The average molecular weight is 264 g/mol. The van der Waals surface area contributed by atoms with E-state index in [1.54, 1.807) is 0 Å². The van der Waals surface area contributed by atoms with Gasteiger partial charge >= 0.3 is 6.18 Å². The maximum absolute atomic E-state index is 12.9. The summed E-state index contributed by atoms with van der Waals surface area (Å²) in [7, 11) is 0. The highest BCUT2D eigenvalue weighted by atomic mass is 19.4. The van der Waals surface area contributed by atoms with Crippen LogP contribution in [0.25, 0.3) is 0 Å². The first-order valence-corrected chi connectivity index (χ1v) is 7.11. The lowest BCUT2D eigenvalue weighted by molar-refractivity contribution is -0.189. The van der Waals surface area contributed by atoms with E-state index in [0.717, 1.165) is 19.4 Å². The number of alkyl halides is 3. The predicted octanol–water partition coefficient (Wildman–Crippen LogP) is 2.84. The van der Waals surface area contributed by atoms with Crippen LogP contribution < -0.4 is 10.6 Å². The zero-order valence-electron chi connectivity index (χ0n) is 10.7. The molecule has 0 spiro atoms. The normalized spacial score (nSPS) is 34.5. The Morgan fingerprint density at radius 3 is 2.39 bits per heavy atom. The largest absolute Gasteiger partial charge is 0.393 e. The predicted molar refractivity (Wildman–Crippen MR) is 65.4 cm³/mol. The molecule has 2 aliphatic rings. The number of nitrogens with one attached hydrogen (secondary N) is 2. The van der Waals surface area contributed by atoms with Crippen molar-refractivity contribution in [2.75, 3.05) is 13.1 Å². The van der Waals surface area contributed by atoms with Gasteiger partial charge in [-0.2, -0.15) is 13.2 Å². The van der Waals surface area contributed by atoms with Crippen molar-refractivity contribution in [3.8, 4) is 0 Å². The van der Waals surface area contributed by atoms with E-state index in [-0.39, 0.29) is 6.04 Å². The summed E-state index contributed by atoms with van der Waals surface area (Å²) in [5, 5.41) is 6.53. The fourth-order valence-electron chi connectivity index (χ4n) is 3.16. The number of halogens is 3. The fourth-order valence-corrected chi connectivity index (χ4v) is 3.16. The molecule has 1 aliphatic heterocycles. The summed E-state index contributed by atoms with van der Waals surface area (Å²) in [5.41, 5.74) is 0. The van der Waals surface area contributed by atoms with Gasteiger partial charge in [-0.15, -0.1) is 0 Å². The smallest absolute Gasteiger partial charge is 0.313 e. The Balaban J connectivity index is 1.81. The van der Waals surface area contributed by atoms with Crippen molar-refractivity contribution in [3.05, 3.63) is 0 Å². The van der Waals surface area contributed by atoms with E-state index in [2.05, 4.69) is 10.6 Å². The Morgan fingerprint density at radius 2 is 1.72 bits per heavy atom. The van der Waals surface area contributed by atoms with Gasteiger partial charge < -0.3 is 10.6 Å². The first kappa shape index (κ1) is 14.1. The monoisotopic (exact) mass is 264 g/mol. The lowest BCUT2D eigenvalue weighted by Crippen LogP contribution is -2.50. The average Bonchev–Trinajstić information content (AvgIpc) is 2.37. The Morgan fingerprint density at radius 1 is 1.00 bits per heavy atom. The van der Waals surface area contributed by atoms with Gasteiger partial charge in [0.05, 0.1) is 5.92 Å². The second-order valence-electron chi connectivity index (χ2n) is 5.59. The highest BCUT2D eigenvalue weighted by Crippen LogP contribution is 2.37. The van der Waals surface area contributed by atoms with Gasteiger partial charge in [0.25, 0.3) is 0 Å². The van der Waals surface area contributed by atoms with Crippen LogP contribution >= 0.6 is 0 Å². The molecular weight excluding hydrogens is 241 g/mol. The standard InChI is InChI=1S/C13H23F3N2/c14-13(15,16)11-6-1-2-7-12(11)18-9-10-5-3-4-8-17-10/h10-12,17-18H,1-9H2. The van der Waals surface area contributed by atoms with Crippen molar-refractivity contribution in [2.24, 2.45) is 5.92 Å². The second kappa shape index (κ2) is 6.24. The number of hydrogen-bond donors (Lipinski definition) is 2. The van der Waals surface area contributed by atoms with Crippen molar-refractivity contribution in [3.63, 3.8) is 0 Å². The van der Waals surface area contributed by atoms with E-state index in [0.29, 0.717) is 31.8 Å². The Hall–Kier alpha value is -0.290. The molecule has 2 N–H and O–H groups in total. The first-order valence-electron chi connectivity index (χ1n) is 7.11. The molecule has 0 amide bonds. The van der Waals surface area contributed by atoms with E-state index in [9.17, 15) is 13.2 Å². The van der Waals surface area contributed by atoms with Crippen molar-refractivity contribution < 1.29 is 13.2 Å². The summed E-state index contributed by atoms with van der Waals surface area (Å²) in [6.45, 7) is 1.68. The fraction of sp³-hybridized carbons (Fsp3) is 1.00. The van der Waals surface area contributed by atoms with Crippen molar-refractivity contribution in [1.82, 2.24) is 10.6 Å². The third-order valence-corrected chi connectivity index (χ3v) is 4.23. The molecule has 1 saturated heterocycles. The van der Waals surface area contributed by atoms with Gasteiger partial charge in [-0.05, 0) is 32.2 Å². The van der Waals surface area contributed by atoms with Gasteiger partial charge in [0, 0.05) is 18.6 Å². The Bertz CT molecular complexity index is 249. The molecule has 1 aliphatic carbocycles. The van der Waals surface area contributed by atoms with E-state index in [1.807, 2.05) is 0 Å². The maximum atomic E-state index is 12.9. The summed E-state index contributed by atoms with van der Waals surface area (Å²) < 4.78 is 38.7. The molecule has 2 nitrogen and oxygen atoms in total. The molecule has 0 bridgehead atoms. The lowest BCUT2D eigenvalue weighted by atomic mass is 9.84.